The van der Waals surface area contributed by atoms with Gasteiger partial charge in [0.15, 0.2) is 0 Å². The molecule has 1 aromatic carbocycles. The van der Waals surface area contributed by atoms with Crippen LogP contribution in [0.4, 0.5) is 5.69 Å². The van der Waals surface area contributed by atoms with E-state index in [1.54, 1.807) is 0 Å². The van der Waals surface area contributed by atoms with Crippen LogP contribution in [-0.4, -0.2) is 19.0 Å². The highest BCUT2D eigenvalue weighted by Crippen LogP contribution is 2.29. The van der Waals surface area contributed by atoms with Crippen molar-refractivity contribution in [3.05, 3.63) is 28.7 Å². The van der Waals surface area contributed by atoms with Crippen molar-refractivity contribution in [2.45, 2.75) is 19.8 Å². The third kappa shape index (κ3) is 3.70. The average Bonchev–Trinajstić information content (AvgIpc) is 2.33. The van der Waals surface area contributed by atoms with Gasteiger partial charge in [-0.05, 0) is 50.2 Å². The summed E-state index contributed by atoms with van der Waals surface area (Å²) in [6.07, 6.45) is 1.80. The molecule has 0 aliphatic carbocycles. The van der Waals surface area contributed by atoms with Gasteiger partial charge in [0.25, 0.3) is 0 Å². The summed E-state index contributed by atoms with van der Waals surface area (Å²) in [4.78, 5) is 12.2. The van der Waals surface area contributed by atoms with E-state index in [9.17, 15) is 4.79 Å². The van der Waals surface area contributed by atoms with Crippen molar-refractivity contribution in [2.75, 3.05) is 18.4 Å². The van der Waals surface area contributed by atoms with Crippen LogP contribution in [0, 0.1) is 5.41 Å². The molecule has 18 heavy (non-hydrogen) atoms. The average molecular weight is 334 g/mol. The molecule has 0 saturated carbocycles. The van der Waals surface area contributed by atoms with Crippen molar-refractivity contribution in [1.82, 2.24) is 5.32 Å². The van der Waals surface area contributed by atoms with E-state index in [2.05, 4.69) is 26.6 Å². The summed E-state index contributed by atoms with van der Waals surface area (Å²) < 4.78 is 1.02. The van der Waals surface area contributed by atoms with Gasteiger partial charge in [0.2, 0.25) is 5.91 Å². The molecule has 5 heteroatoms. The molecule has 0 aromatic heterocycles. The van der Waals surface area contributed by atoms with E-state index >= 15 is 0 Å². The van der Waals surface area contributed by atoms with Crippen LogP contribution in [0.25, 0.3) is 0 Å². The summed E-state index contributed by atoms with van der Waals surface area (Å²) in [6.45, 7) is 3.89. The lowest BCUT2D eigenvalue weighted by molar-refractivity contribution is -0.126. The highest BCUT2D eigenvalue weighted by Gasteiger charge is 2.34. The van der Waals surface area contributed by atoms with E-state index in [0.717, 1.165) is 36.1 Å². The van der Waals surface area contributed by atoms with Gasteiger partial charge >= 0.3 is 0 Å². The van der Waals surface area contributed by atoms with Crippen molar-refractivity contribution in [3.8, 4) is 0 Å². The second-order valence-corrected chi connectivity index (χ2v) is 5.69. The molecule has 0 spiro atoms. The molecule has 2 N–H and O–H groups in total. The van der Waals surface area contributed by atoms with Gasteiger partial charge in [-0.25, -0.2) is 0 Å². The zero-order valence-electron chi connectivity index (χ0n) is 10.3. The Morgan fingerprint density at radius 2 is 1.83 bits per heavy atom. The Labute approximate surface area is 122 Å². The third-order valence-corrected chi connectivity index (χ3v) is 3.89. The fourth-order valence-corrected chi connectivity index (χ4v) is 2.29. The van der Waals surface area contributed by atoms with E-state index in [1.165, 1.54) is 0 Å². The Morgan fingerprint density at radius 3 is 2.39 bits per heavy atom. The second-order valence-electron chi connectivity index (χ2n) is 4.77. The topological polar surface area (TPSA) is 41.1 Å². The number of anilines is 1. The van der Waals surface area contributed by atoms with Crippen LogP contribution in [0.3, 0.4) is 0 Å². The Kier molecular flexibility index (Phi) is 5.63. The van der Waals surface area contributed by atoms with Crippen LogP contribution in [0.15, 0.2) is 28.7 Å². The van der Waals surface area contributed by atoms with Crippen LogP contribution < -0.4 is 10.6 Å². The Balaban J connectivity index is 0.00000162. The first kappa shape index (κ1) is 15.5. The summed E-state index contributed by atoms with van der Waals surface area (Å²) in [5, 5.41) is 6.27. The lowest BCUT2D eigenvalue weighted by Crippen LogP contribution is -2.42. The molecule has 0 unspecified atom stereocenters. The number of nitrogens with one attached hydrogen (secondary N) is 2. The lowest BCUT2D eigenvalue weighted by Gasteiger charge is -2.32. The Morgan fingerprint density at radius 1 is 1.28 bits per heavy atom. The number of carbonyl (C=O) groups excluding carboxylic acids is 1. The van der Waals surface area contributed by atoms with Crippen LogP contribution in [0.2, 0.25) is 0 Å². The molecule has 1 aliphatic heterocycles. The minimum atomic E-state index is -0.238. The molecule has 100 valence electrons. The van der Waals surface area contributed by atoms with Crippen molar-refractivity contribution in [3.63, 3.8) is 0 Å². The summed E-state index contributed by atoms with van der Waals surface area (Å²) in [5.41, 5.74) is 0.621. The number of rotatable bonds is 2. The number of carbonyl (C=O) groups is 1. The number of halogens is 2. The quantitative estimate of drug-likeness (QED) is 0.872. The fourth-order valence-electron chi connectivity index (χ4n) is 2.02. The molecule has 2 rings (SSSR count). The van der Waals surface area contributed by atoms with Crippen molar-refractivity contribution >= 4 is 39.9 Å². The smallest absolute Gasteiger partial charge is 0.230 e. The summed E-state index contributed by atoms with van der Waals surface area (Å²) >= 11 is 3.38. The maximum atomic E-state index is 12.2. The van der Waals surface area contributed by atoms with E-state index in [-0.39, 0.29) is 23.7 Å². The maximum Gasteiger partial charge on any atom is 0.230 e. The molecule has 1 aromatic rings. The van der Waals surface area contributed by atoms with Crippen LogP contribution >= 0.6 is 28.3 Å². The zero-order valence-corrected chi connectivity index (χ0v) is 12.7. The van der Waals surface area contributed by atoms with Crippen LogP contribution in [0.5, 0.6) is 0 Å². The zero-order chi connectivity index (χ0) is 12.3. The van der Waals surface area contributed by atoms with Crippen molar-refractivity contribution in [2.24, 2.45) is 5.41 Å². The lowest BCUT2D eigenvalue weighted by atomic mass is 9.80. The molecule has 0 bridgehead atoms. The highest BCUT2D eigenvalue weighted by molar-refractivity contribution is 9.10. The van der Waals surface area contributed by atoms with E-state index in [4.69, 9.17) is 0 Å². The number of hydrogen-bond donors (Lipinski definition) is 2. The van der Waals surface area contributed by atoms with Gasteiger partial charge in [0.1, 0.15) is 0 Å². The van der Waals surface area contributed by atoms with Crippen LogP contribution in [-0.2, 0) is 4.79 Å². The van der Waals surface area contributed by atoms with Gasteiger partial charge in [-0.2, -0.15) is 0 Å². The molecule has 3 nitrogen and oxygen atoms in total. The monoisotopic (exact) mass is 332 g/mol. The Hall–Kier alpha value is -0.580. The van der Waals surface area contributed by atoms with E-state index < -0.39 is 0 Å². The standard InChI is InChI=1S/C13H17BrN2O.ClH/c1-13(6-8-15-9-7-13)12(17)16-11-4-2-10(14)3-5-11;/h2-5,15H,6-9H2,1H3,(H,16,17);1H. The molecule has 1 fully saturated rings. The van der Waals surface area contributed by atoms with Gasteiger partial charge < -0.3 is 10.6 Å². The molecule has 1 amide bonds. The highest BCUT2D eigenvalue weighted by atomic mass is 79.9. The number of amides is 1. The summed E-state index contributed by atoms with van der Waals surface area (Å²) in [6, 6.07) is 7.68. The van der Waals surface area contributed by atoms with Gasteiger partial charge in [-0.1, -0.05) is 22.9 Å². The number of piperidine rings is 1. The van der Waals surface area contributed by atoms with Gasteiger partial charge in [-0.3, -0.25) is 4.79 Å². The maximum absolute atomic E-state index is 12.2. The molecule has 1 aliphatic rings. The minimum absolute atomic E-state index is 0. The number of benzene rings is 1. The third-order valence-electron chi connectivity index (χ3n) is 3.36. The predicted octanol–water partition coefficient (Wildman–Crippen LogP) is 3.20. The minimum Gasteiger partial charge on any atom is -0.326 e. The normalized spacial score (nSPS) is 17.7. The molecule has 1 heterocycles. The first-order valence-electron chi connectivity index (χ1n) is 5.88. The largest absolute Gasteiger partial charge is 0.326 e. The first-order chi connectivity index (χ1) is 8.10. The van der Waals surface area contributed by atoms with Gasteiger partial charge in [-0.15, -0.1) is 12.4 Å². The predicted molar refractivity (Wildman–Crippen MR) is 80.2 cm³/mol. The molecular weight excluding hydrogens is 316 g/mol. The van der Waals surface area contributed by atoms with Crippen LogP contribution in [0.1, 0.15) is 19.8 Å². The van der Waals surface area contributed by atoms with Crippen molar-refractivity contribution < 1.29 is 4.79 Å². The molecule has 1 saturated heterocycles. The summed E-state index contributed by atoms with van der Waals surface area (Å²) in [7, 11) is 0. The number of hydrogen-bond acceptors (Lipinski definition) is 2. The van der Waals surface area contributed by atoms with E-state index in [0.29, 0.717) is 0 Å². The SMILES string of the molecule is CC1(C(=O)Nc2ccc(Br)cc2)CCNCC1.Cl. The Bertz CT molecular complexity index is 402. The molecule has 0 atom stereocenters. The second kappa shape index (κ2) is 6.55. The molecule has 0 radical (unpaired) electrons. The van der Waals surface area contributed by atoms with E-state index in [1.807, 2.05) is 31.2 Å². The first-order valence-corrected chi connectivity index (χ1v) is 6.67. The van der Waals surface area contributed by atoms with Crippen molar-refractivity contribution in [1.29, 1.82) is 0 Å². The fraction of sp³-hybridized carbons (Fsp3) is 0.462. The van der Waals surface area contributed by atoms with Gasteiger partial charge in [0, 0.05) is 15.6 Å². The summed E-state index contributed by atoms with van der Waals surface area (Å²) in [5.74, 6) is 0.126. The van der Waals surface area contributed by atoms with Gasteiger partial charge in [0.05, 0.1) is 0 Å². The molecular formula is C13H18BrClN2O.